The quantitative estimate of drug-likeness (QED) is 0.390. The van der Waals surface area contributed by atoms with Crippen LogP contribution in [0.25, 0.3) is 5.70 Å². The van der Waals surface area contributed by atoms with Gasteiger partial charge in [0.1, 0.15) is 0 Å². The number of hydrogen-bond donors (Lipinski definition) is 3. The van der Waals surface area contributed by atoms with Crippen molar-refractivity contribution in [1.82, 2.24) is 16.2 Å². The monoisotopic (exact) mass is 241 g/mol. The lowest BCUT2D eigenvalue weighted by Gasteiger charge is -2.12. The van der Waals surface area contributed by atoms with Gasteiger partial charge in [-0.15, -0.1) is 0 Å². The summed E-state index contributed by atoms with van der Waals surface area (Å²) in [5.74, 6) is 0.659. The molecule has 0 saturated carbocycles. The summed E-state index contributed by atoms with van der Waals surface area (Å²) >= 11 is 5.00. The van der Waals surface area contributed by atoms with E-state index in [1.807, 2.05) is 0 Å². The molecule has 3 N–H and O–H groups in total. The van der Waals surface area contributed by atoms with Gasteiger partial charge in [0.25, 0.3) is 0 Å². The number of thiocarbonyl (C=S) groups is 1. The minimum Gasteiger partial charge on any atom is -0.463 e. The predicted molar refractivity (Wildman–Crippen MR) is 66.5 cm³/mol. The number of furan rings is 1. The van der Waals surface area contributed by atoms with E-state index in [1.54, 1.807) is 25.5 Å². The Bertz CT molecular complexity index is 338. The highest BCUT2D eigenvalue weighted by atomic mass is 32.1. The molecule has 0 atom stereocenters. The number of ether oxygens (including phenoxy) is 1. The number of rotatable bonds is 6. The van der Waals surface area contributed by atoms with Crippen LogP contribution in [0, 0.1) is 0 Å². The molecule has 88 valence electrons. The summed E-state index contributed by atoms with van der Waals surface area (Å²) in [7, 11) is 1.63. The summed E-state index contributed by atoms with van der Waals surface area (Å²) in [6.45, 7) is 5.03. The largest absolute Gasteiger partial charge is 0.463 e. The highest BCUT2D eigenvalue weighted by molar-refractivity contribution is 7.80. The molecule has 1 rings (SSSR count). The Kier molecular flexibility index (Phi) is 5.38. The van der Waals surface area contributed by atoms with Crippen molar-refractivity contribution in [2.75, 3.05) is 20.3 Å². The number of nitrogens with one attached hydrogen (secondary N) is 3. The van der Waals surface area contributed by atoms with Crippen LogP contribution in [0.1, 0.15) is 5.76 Å². The minimum atomic E-state index is 0.477. The average Bonchev–Trinajstić information content (AvgIpc) is 2.79. The summed E-state index contributed by atoms with van der Waals surface area (Å²) in [4.78, 5) is 0. The van der Waals surface area contributed by atoms with Gasteiger partial charge in [0.15, 0.2) is 10.9 Å². The van der Waals surface area contributed by atoms with E-state index in [2.05, 4.69) is 22.7 Å². The van der Waals surface area contributed by atoms with Crippen molar-refractivity contribution in [1.29, 1.82) is 0 Å². The molecule has 0 bridgehead atoms. The van der Waals surface area contributed by atoms with Crippen molar-refractivity contribution >= 4 is 23.0 Å². The smallest absolute Gasteiger partial charge is 0.185 e. The molecule has 0 aromatic carbocycles. The fraction of sp³-hybridized carbons (Fsp3) is 0.300. The summed E-state index contributed by atoms with van der Waals surface area (Å²) in [6.07, 6.45) is 1.58. The van der Waals surface area contributed by atoms with E-state index >= 15 is 0 Å². The Morgan fingerprint density at radius 2 is 2.38 bits per heavy atom. The Labute approximate surface area is 99.8 Å². The molecule has 1 aromatic rings. The topological polar surface area (TPSA) is 58.5 Å². The molecular formula is C10H15N3O2S. The van der Waals surface area contributed by atoms with E-state index in [1.165, 1.54) is 0 Å². The van der Waals surface area contributed by atoms with E-state index in [4.69, 9.17) is 21.4 Å². The highest BCUT2D eigenvalue weighted by Crippen LogP contribution is 2.07. The number of hydrazine groups is 1. The van der Waals surface area contributed by atoms with Crippen molar-refractivity contribution in [3.8, 4) is 0 Å². The molecule has 6 heteroatoms. The van der Waals surface area contributed by atoms with Crippen LogP contribution in [0.2, 0.25) is 0 Å². The Morgan fingerprint density at radius 3 is 3.00 bits per heavy atom. The van der Waals surface area contributed by atoms with Crippen molar-refractivity contribution < 1.29 is 9.15 Å². The highest BCUT2D eigenvalue weighted by Gasteiger charge is 2.00. The first-order chi connectivity index (χ1) is 7.74. The van der Waals surface area contributed by atoms with E-state index in [0.29, 0.717) is 29.7 Å². The zero-order valence-corrected chi connectivity index (χ0v) is 9.89. The Hall–Kier alpha value is -1.53. The second-order valence-electron chi connectivity index (χ2n) is 2.95. The Balaban J connectivity index is 2.19. The van der Waals surface area contributed by atoms with E-state index in [-0.39, 0.29) is 0 Å². The van der Waals surface area contributed by atoms with Crippen LogP contribution in [-0.2, 0) is 4.74 Å². The van der Waals surface area contributed by atoms with Crippen LogP contribution in [0.15, 0.2) is 29.4 Å². The predicted octanol–water partition coefficient (Wildman–Crippen LogP) is 0.865. The standard InChI is InChI=1S/C10H15N3O2S/c1-8(9-4-3-6-15-9)12-13-10(16)11-5-7-14-2/h3-4,6,12H,1,5,7H2,2H3,(H2,11,13,16). The Morgan fingerprint density at radius 1 is 1.56 bits per heavy atom. The van der Waals surface area contributed by atoms with Crippen molar-refractivity contribution in [3.63, 3.8) is 0 Å². The van der Waals surface area contributed by atoms with Gasteiger partial charge in [0.05, 0.1) is 18.6 Å². The van der Waals surface area contributed by atoms with Gasteiger partial charge in [-0.05, 0) is 24.4 Å². The molecule has 1 aromatic heterocycles. The van der Waals surface area contributed by atoms with Gasteiger partial charge in [0.2, 0.25) is 0 Å². The van der Waals surface area contributed by atoms with Gasteiger partial charge in [-0.2, -0.15) is 0 Å². The summed E-state index contributed by atoms with van der Waals surface area (Å²) in [5.41, 5.74) is 6.23. The maximum absolute atomic E-state index is 5.14. The van der Waals surface area contributed by atoms with Crippen LogP contribution < -0.4 is 16.2 Å². The van der Waals surface area contributed by atoms with Gasteiger partial charge in [-0.25, -0.2) is 0 Å². The lowest BCUT2D eigenvalue weighted by molar-refractivity contribution is 0.204. The maximum atomic E-state index is 5.14. The van der Waals surface area contributed by atoms with E-state index in [0.717, 1.165) is 0 Å². The van der Waals surface area contributed by atoms with Crippen LogP contribution in [0.3, 0.4) is 0 Å². The third kappa shape index (κ3) is 4.33. The molecule has 0 saturated heterocycles. The second-order valence-corrected chi connectivity index (χ2v) is 3.36. The molecule has 0 spiro atoms. The third-order valence-electron chi connectivity index (χ3n) is 1.74. The molecule has 0 amide bonds. The van der Waals surface area contributed by atoms with Crippen molar-refractivity contribution in [2.24, 2.45) is 0 Å². The second kappa shape index (κ2) is 6.86. The maximum Gasteiger partial charge on any atom is 0.185 e. The van der Waals surface area contributed by atoms with Gasteiger partial charge in [0, 0.05) is 13.7 Å². The minimum absolute atomic E-state index is 0.477. The molecule has 0 unspecified atom stereocenters. The lowest BCUT2D eigenvalue weighted by Crippen LogP contribution is -2.43. The van der Waals surface area contributed by atoms with Gasteiger partial charge < -0.3 is 14.5 Å². The summed E-state index contributed by atoms with van der Waals surface area (Å²) in [6, 6.07) is 3.59. The van der Waals surface area contributed by atoms with Gasteiger partial charge in [-0.1, -0.05) is 6.58 Å². The number of methoxy groups -OCH3 is 1. The van der Waals surface area contributed by atoms with Crippen LogP contribution in [-0.4, -0.2) is 25.4 Å². The molecular weight excluding hydrogens is 226 g/mol. The SMILES string of the molecule is C=C(NNC(=S)NCCOC)c1ccco1. The molecule has 0 radical (unpaired) electrons. The van der Waals surface area contributed by atoms with Gasteiger partial charge >= 0.3 is 0 Å². The first kappa shape index (κ1) is 12.5. The van der Waals surface area contributed by atoms with Crippen LogP contribution >= 0.6 is 12.2 Å². The van der Waals surface area contributed by atoms with Crippen LogP contribution in [0.5, 0.6) is 0 Å². The molecule has 0 fully saturated rings. The van der Waals surface area contributed by atoms with Gasteiger partial charge in [-0.3, -0.25) is 10.9 Å². The lowest BCUT2D eigenvalue weighted by atomic mass is 10.4. The third-order valence-corrected chi connectivity index (χ3v) is 1.98. The fourth-order valence-corrected chi connectivity index (χ4v) is 1.11. The molecule has 1 heterocycles. The average molecular weight is 241 g/mol. The molecule has 0 aliphatic heterocycles. The molecule has 0 aliphatic rings. The zero-order chi connectivity index (χ0) is 11.8. The fourth-order valence-electron chi connectivity index (χ4n) is 0.955. The van der Waals surface area contributed by atoms with E-state index in [9.17, 15) is 0 Å². The van der Waals surface area contributed by atoms with E-state index < -0.39 is 0 Å². The van der Waals surface area contributed by atoms with Crippen LogP contribution in [0.4, 0.5) is 0 Å². The first-order valence-corrected chi connectivity index (χ1v) is 5.16. The van der Waals surface area contributed by atoms with Crippen molar-refractivity contribution in [2.45, 2.75) is 0 Å². The molecule has 16 heavy (non-hydrogen) atoms. The normalized spacial score (nSPS) is 9.56. The molecule has 5 nitrogen and oxygen atoms in total. The summed E-state index contributed by atoms with van der Waals surface area (Å²) in [5, 5.41) is 3.42. The number of hydrogen-bond acceptors (Lipinski definition) is 4. The first-order valence-electron chi connectivity index (χ1n) is 4.75. The summed E-state index contributed by atoms with van der Waals surface area (Å²) < 4.78 is 10.0. The zero-order valence-electron chi connectivity index (χ0n) is 9.08. The molecule has 0 aliphatic carbocycles. The van der Waals surface area contributed by atoms with Crippen molar-refractivity contribution in [3.05, 3.63) is 30.7 Å².